The average Bonchev–Trinajstić information content (AvgIpc) is 3.24. The Labute approximate surface area is 170 Å². The van der Waals surface area contributed by atoms with Gasteiger partial charge in [0, 0.05) is 18.7 Å². The van der Waals surface area contributed by atoms with Crippen LogP contribution in [0.4, 0.5) is 5.69 Å². The monoisotopic (exact) mass is 422 g/mol. The van der Waals surface area contributed by atoms with Crippen molar-refractivity contribution in [3.8, 4) is 0 Å². The molecule has 0 spiro atoms. The number of anilines is 1. The highest BCUT2D eigenvalue weighted by atomic mass is 35.5. The van der Waals surface area contributed by atoms with Gasteiger partial charge in [-0.2, -0.15) is 4.31 Å². The fraction of sp³-hybridized carbons (Fsp3) is 0.350. The minimum Gasteiger partial charge on any atom is -0.333 e. The zero-order chi connectivity index (χ0) is 20.1. The van der Waals surface area contributed by atoms with E-state index in [1.54, 1.807) is 0 Å². The van der Waals surface area contributed by atoms with Gasteiger partial charge >= 0.3 is 0 Å². The molecule has 1 amide bonds. The Morgan fingerprint density at radius 3 is 2.54 bits per heavy atom. The summed E-state index contributed by atoms with van der Waals surface area (Å²) in [5, 5.41) is 4.97. The second-order valence-electron chi connectivity index (χ2n) is 6.94. The molecule has 0 radical (unpaired) electrons. The van der Waals surface area contributed by atoms with Gasteiger partial charge in [0.2, 0.25) is 10.0 Å². The van der Waals surface area contributed by atoms with Gasteiger partial charge in [-0.15, -0.1) is 0 Å². The molecule has 2 aromatic rings. The molecule has 1 heterocycles. The molecular formula is C20H25ClN3O3S+. The summed E-state index contributed by atoms with van der Waals surface area (Å²) in [5.41, 5.74) is 1.44. The number of nitrogens with two attached hydrogens (primary N) is 1. The van der Waals surface area contributed by atoms with E-state index in [0.29, 0.717) is 23.8 Å². The van der Waals surface area contributed by atoms with Crippen LogP contribution in [0.5, 0.6) is 0 Å². The molecular weight excluding hydrogens is 398 g/mol. The maximum atomic E-state index is 12.7. The first kappa shape index (κ1) is 20.8. The molecule has 0 aliphatic carbocycles. The molecule has 0 unspecified atom stereocenters. The minimum absolute atomic E-state index is 0.129. The third-order valence-electron chi connectivity index (χ3n) is 4.90. The second kappa shape index (κ2) is 9.05. The van der Waals surface area contributed by atoms with Gasteiger partial charge in [0.1, 0.15) is 6.04 Å². The van der Waals surface area contributed by atoms with E-state index in [2.05, 4.69) is 5.32 Å². The van der Waals surface area contributed by atoms with Crippen molar-refractivity contribution in [3.63, 3.8) is 0 Å². The number of carbonyl (C=O) groups is 1. The number of sulfonamides is 1. The number of halogens is 1. The molecule has 3 rings (SSSR count). The lowest BCUT2D eigenvalue weighted by Gasteiger charge is -2.17. The van der Waals surface area contributed by atoms with E-state index < -0.39 is 10.0 Å². The summed E-state index contributed by atoms with van der Waals surface area (Å²) in [5.74, 6) is -0.236. The molecule has 0 saturated carbocycles. The van der Waals surface area contributed by atoms with Gasteiger partial charge in [-0.25, -0.2) is 8.42 Å². The topological polar surface area (TPSA) is 83.1 Å². The lowest BCUT2D eigenvalue weighted by atomic mass is 10.1. The van der Waals surface area contributed by atoms with Crippen LogP contribution in [0.2, 0.25) is 5.02 Å². The number of rotatable bonds is 7. The number of hydrogen-bond acceptors (Lipinski definition) is 3. The van der Waals surface area contributed by atoms with Gasteiger partial charge in [-0.05, 0) is 38.0 Å². The van der Waals surface area contributed by atoms with Crippen molar-refractivity contribution in [2.45, 2.75) is 30.7 Å². The van der Waals surface area contributed by atoms with Crippen molar-refractivity contribution < 1.29 is 18.5 Å². The van der Waals surface area contributed by atoms with Crippen LogP contribution in [0.3, 0.4) is 0 Å². The first-order valence-electron chi connectivity index (χ1n) is 9.36. The number of nitrogens with zero attached hydrogens (tertiary/aromatic N) is 1. The van der Waals surface area contributed by atoms with Crippen LogP contribution in [-0.2, 0) is 14.8 Å². The Bertz CT molecular complexity index is 929. The Morgan fingerprint density at radius 1 is 1.18 bits per heavy atom. The summed E-state index contributed by atoms with van der Waals surface area (Å²) in [7, 11) is -3.56. The van der Waals surface area contributed by atoms with Crippen LogP contribution in [0, 0.1) is 0 Å². The lowest BCUT2D eigenvalue weighted by molar-refractivity contribution is -0.682. The second-order valence-corrected chi connectivity index (χ2v) is 9.29. The molecule has 150 valence electrons. The van der Waals surface area contributed by atoms with Crippen molar-refractivity contribution in [2.75, 3.05) is 25.0 Å². The maximum Gasteiger partial charge on any atom is 0.279 e. The zero-order valence-corrected chi connectivity index (χ0v) is 17.3. The van der Waals surface area contributed by atoms with Gasteiger partial charge in [0.15, 0.2) is 6.54 Å². The van der Waals surface area contributed by atoms with Gasteiger partial charge in [-0.3, -0.25) is 4.79 Å². The SMILES string of the molecule is C[C@@H]([NH2+]CC(=O)Nc1cc(S(=O)(=O)N2CCCC2)ccc1Cl)c1ccccc1. The molecule has 0 aromatic heterocycles. The summed E-state index contributed by atoms with van der Waals surface area (Å²) >= 11 is 6.18. The van der Waals surface area contributed by atoms with Crippen molar-refractivity contribution in [1.29, 1.82) is 0 Å². The summed E-state index contributed by atoms with van der Waals surface area (Å²) in [4.78, 5) is 12.5. The number of hydrogen-bond donors (Lipinski definition) is 2. The van der Waals surface area contributed by atoms with Crippen LogP contribution < -0.4 is 10.6 Å². The molecule has 28 heavy (non-hydrogen) atoms. The van der Waals surface area contributed by atoms with E-state index in [0.717, 1.165) is 18.4 Å². The van der Waals surface area contributed by atoms with E-state index in [1.807, 2.05) is 42.6 Å². The first-order valence-corrected chi connectivity index (χ1v) is 11.2. The molecule has 0 bridgehead atoms. The summed E-state index contributed by atoms with van der Waals surface area (Å²) in [6.45, 7) is 3.28. The summed E-state index contributed by atoms with van der Waals surface area (Å²) in [6, 6.07) is 14.5. The molecule has 1 fully saturated rings. The van der Waals surface area contributed by atoms with Crippen LogP contribution in [0.1, 0.15) is 31.4 Å². The molecule has 2 aromatic carbocycles. The Hall–Kier alpha value is -1.93. The number of quaternary nitrogens is 1. The van der Waals surface area contributed by atoms with Crippen molar-refractivity contribution in [2.24, 2.45) is 0 Å². The minimum atomic E-state index is -3.56. The fourth-order valence-electron chi connectivity index (χ4n) is 3.22. The van der Waals surface area contributed by atoms with Gasteiger partial charge in [0.25, 0.3) is 5.91 Å². The smallest absolute Gasteiger partial charge is 0.279 e. The molecule has 1 aliphatic rings. The Balaban J connectivity index is 1.65. The largest absolute Gasteiger partial charge is 0.333 e. The van der Waals surface area contributed by atoms with E-state index in [4.69, 9.17) is 11.6 Å². The Morgan fingerprint density at radius 2 is 1.86 bits per heavy atom. The highest BCUT2D eigenvalue weighted by Gasteiger charge is 2.27. The van der Waals surface area contributed by atoms with E-state index in [1.165, 1.54) is 22.5 Å². The van der Waals surface area contributed by atoms with Crippen molar-refractivity contribution >= 4 is 33.2 Å². The predicted octanol–water partition coefficient (Wildman–Crippen LogP) is 2.39. The maximum absolute atomic E-state index is 12.7. The van der Waals surface area contributed by atoms with Crippen LogP contribution in [0.15, 0.2) is 53.4 Å². The standard InChI is InChI=1S/C20H24ClN3O3S/c1-15(16-7-3-2-4-8-16)22-14-20(25)23-19-13-17(9-10-18(19)21)28(26,27)24-11-5-6-12-24/h2-4,7-10,13,15,22H,5-6,11-12,14H2,1H3,(H,23,25)/p+1/t15-/m1/s1. The van der Waals surface area contributed by atoms with Gasteiger partial charge in [-0.1, -0.05) is 41.9 Å². The van der Waals surface area contributed by atoms with Crippen molar-refractivity contribution in [3.05, 3.63) is 59.1 Å². The third kappa shape index (κ3) is 4.91. The van der Waals surface area contributed by atoms with Crippen LogP contribution in [-0.4, -0.2) is 38.3 Å². The van der Waals surface area contributed by atoms with Gasteiger partial charge < -0.3 is 10.6 Å². The number of benzene rings is 2. The average molecular weight is 423 g/mol. The molecule has 1 atom stereocenters. The number of carbonyl (C=O) groups excluding carboxylic acids is 1. The Kier molecular flexibility index (Phi) is 6.72. The predicted molar refractivity (Wildman–Crippen MR) is 110 cm³/mol. The van der Waals surface area contributed by atoms with Crippen LogP contribution in [0.25, 0.3) is 0 Å². The molecule has 1 aliphatic heterocycles. The number of nitrogens with one attached hydrogen (secondary N) is 1. The third-order valence-corrected chi connectivity index (χ3v) is 7.12. The van der Waals surface area contributed by atoms with Crippen molar-refractivity contribution in [1.82, 2.24) is 4.31 Å². The van der Waals surface area contributed by atoms with Crippen LogP contribution >= 0.6 is 11.6 Å². The van der Waals surface area contributed by atoms with E-state index in [9.17, 15) is 13.2 Å². The normalized spacial score (nSPS) is 16.1. The van der Waals surface area contributed by atoms with E-state index >= 15 is 0 Å². The zero-order valence-electron chi connectivity index (χ0n) is 15.8. The highest BCUT2D eigenvalue weighted by molar-refractivity contribution is 7.89. The molecule has 8 heteroatoms. The first-order chi connectivity index (χ1) is 13.4. The molecule has 3 N–H and O–H groups in total. The molecule has 1 saturated heterocycles. The quantitative estimate of drug-likeness (QED) is 0.718. The summed E-state index contributed by atoms with van der Waals surface area (Å²) < 4.78 is 26.9. The van der Waals surface area contributed by atoms with Gasteiger partial charge in [0.05, 0.1) is 15.6 Å². The lowest BCUT2D eigenvalue weighted by Crippen LogP contribution is -2.86. The highest BCUT2D eigenvalue weighted by Crippen LogP contribution is 2.28. The molecule has 6 nitrogen and oxygen atoms in total. The van der Waals surface area contributed by atoms with E-state index in [-0.39, 0.29) is 23.4 Å². The summed E-state index contributed by atoms with van der Waals surface area (Å²) in [6.07, 6.45) is 1.73. The fourth-order valence-corrected chi connectivity index (χ4v) is 4.92. The number of amides is 1.